The Labute approximate surface area is 109 Å². The molecule has 0 bridgehead atoms. The molecule has 0 amide bonds. The molecule has 3 heteroatoms. The second-order valence-electron chi connectivity index (χ2n) is 4.88. The maximum Gasteiger partial charge on any atom is 0.0587 e. The van der Waals surface area contributed by atoms with Crippen molar-refractivity contribution in [1.82, 2.24) is 5.32 Å². The molecular weight excluding hydrogens is 234 g/mol. The summed E-state index contributed by atoms with van der Waals surface area (Å²) in [7, 11) is 1.72. The molecule has 0 aromatic heterocycles. The van der Waals surface area contributed by atoms with E-state index in [1.54, 1.807) is 7.11 Å². The third-order valence-corrected chi connectivity index (χ3v) is 3.29. The number of halogens is 1. The molecule has 0 unspecified atom stereocenters. The molecule has 0 fully saturated rings. The van der Waals surface area contributed by atoms with Crippen molar-refractivity contribution in [2.24, 2.45) is 0 Å². The molecule has 1 N–H and O–H groups in total. The highest BCUT2D eigenvalue weighted by Gasteiger charge is 2.19. The van der Waals surface area contributed by atoms with E-state index in [9.17, 15) is 0 Å². The average molecular weight is 256 g/mol. The standard InChI is InChI=1S/C14H22ClNO/c1-14(2,8-9-16-10-11-17-3)12-4-6-13(15)7-5-12/h4-7,16H,8-11H2,1-3H3. The van der Waals surface area contributed by atoms with Gasteiger partial charge in [0.2, 0.25) is 0 Å². The lowest BCUT2D eigenvalue weighted by Gasteiger charge is -2.25. The van der Waals surface area contributed by atoms with Crippen molar-refractivity contribution in [3.63, 3.8) is 0 Å². The minimum atomic E-state index is 0.171. The maximum absolute atomic E-state index is 5.90. The number of methoxy groups -OCH3 is 1. The van der Waals surface area contributed by atoms with Gasteiger partial charge in [-0.2, -0.15) is 0 Å². The van der Waals surface area contributed by atoms with Crippen LogP contribution in [0.3, 0.4) is 0 Å². The summed E-state index contributed by atoms with van der Waals surface area (Å²) < 4.78 is 4.99. The first-order chi connectivity index (χ1) is 8.06. The van der Waals surface area contributed by atoms with Crippen LogP contribution in [-0.4, -0.2) is 26.8 Å². The average Bonchev–Trinajstić information content (AvgIpc) is 2.29. The Morgan fingerprint density at radius 2 is 1.82 bits per heavy atom. The Hall–Kier alpha value is -0.570. The van der Waals surface area contributed by atoms with E-state index in [4.69, 9.17) is 16.3 Å². The molecule has 0 saturated carbocycles. The zero-order valence-corrected chi connectivity index (χ0v) is 11.7. The second kappa shape index (κ2) is 7.00. The molecule has 0 heterocycles. The summed E-state index contributed by atoms with van der Waals surface area (Å²) >= 11 is 5.90. The van der Waals surface area contributed by atoms with E-state index in [-0.39, 0.29) is 5.41 Å². The lowest BCUT2D eigenvalue weighted by atomic mass is 9.81. The van der Waals surface area contributed by atoms with Gasteiger partial charge in [-0.3, -0.25) is 0 Å². The van der Waals surface area contributed by atoms with E-state index >= 15 is 0 Å². The van der Waals surface area contributed by atoms with E-state index in [0.717, 1.165) is 31.1 Å². The third kappa shape index (κ3) is 5.07. The summed E-state index contributed by atoms with van der Waals surface area (Å²) in [6.07, 6.45) is 1.10. The molecule has 17 heavy (non-hydrogen) atoms. The van der Waals surface area contributed by atoms with Crippen LogP contribution in [0, 0.1) is 0 Å². The Morgan fingerprint density at radius 3 is 2.41 bits per heavy atom. The van der Waals surface area contributed by atoms with Gasteiger partial charge in [-0.15, -0.1) is 0 Å². The van der Waals surface area contributed by atoms with Crippen LogP contribution in [0.15, 0.2) is 24.3 Å². The van der Waals surface area contributed by atoms with Gasteiger partial charge in [0.05, 0.1) is 6.61 Å². The maximum atomic E-state index is 5.90. The fraction of sp³-hybridized carbons (Fsp3) is 0.571. The number of ether oxygens (including phenoxy) is 1. The molecule has 0 spiro atoms. The van der Waals surface area contributed by atoms with Gasteiger partial charge in [-0.05, 0) is 36.1 Å². The van der Waals surface area contributed by atoms with Crippen LogP contribution in [0.5, 0.6) is 0 Å². The topological polar surface area (TPSA) is 21.3 Å². The van der Waals surface area contributed by atoms with E-state index < -0.39 is 0 Å². The number of hydrogen-bond acceptors (Lipinski definition) is 2. The van der Waals surface area contributed by atoms with E-state index in [0.29, 0.717) is 0 Å². The summed E-state index contributed by atoms with van der Waals surface area (Å²) in [6, 6.07) is 8.13. The number of benzene rings is 1. The Kier molecular flexibility index (Phi) is 5.96. The van der Waals surface area contributed by atoms with Crippen LogP contribution >= 0.6 is 11.6 Å². The fourth-order valence-corrected chi connectivity index (χ4v) is 1.87. The molecule has 0 atom stereocenters. The zero-order valence-electron chi connectivity index (χ0n) is 10.9. The minimum absolute atomic E-state index is 0.171. The smallest absolute Gasteiger partial charge is 0.0587 e. The van der Waals surface area contributed by atoms with Crippen molar-refractivity contribution in [3.8, 4) is 0 Å². The van der Waals surface area contributed by atoms with Crippen molar-refractivity contribution in [2.75, 3.05) is 26.8 Å². The van der Waals surface area contributed by atoms with Crippen LogP contribution in [0.1, 0.15) is 25.8 Å². The van der Waals surface area contributed by atoms with Gasteiger partial charge in [0.15, 0.2) is 0 Å². The molecule has 2 nitrogen and oxygen atoms in total. The normalized spacial score (nSPS) is 11.8. The monoisotopic (exact) mass is 255 g/mol. The van der Waals surface area contributed by atoms with E-state index in [2.05, 4.69) is 31.3 Å². The molecule has 0 saturated heterocycles. The largest absolute Gasteiger partial charge is 0.383 e. The van der Waals surface area contributed by atoms with Crippen molar-refractivity contribution >= 4 is 11.6 Å². The number of nitrogens with one attached hydrogen (secondary N) is 1. The zero-order chi connectivity index (χ0) is 12.7. The SMILES string of the molecule is COCCNCCC(C)(C)c1ccc(Cl)cc1. The van der Waals surface area contributed by atoms with Gasteiger partial charge in [0, 0.05) is 18.7 Å². The lowest BCUT2D eigenvalue weighted by Crippen LogP contribution is -2.27. The number of hydrogen-bond donors (Lipinski definition) is 1. The Balaban J connectivity index is 2.42. The third-order valence-electron chi connectivity index (χ3n) is 3.04. The van der Waals surface area contributed by atoms with Gasteiger partial charge < -0.3 is 10.1 Å². The van der Waals surface area contributed by atoms with Gasteiger partial charge in [0.1, 0.15) is 0 Å². The number of rotatable bonds is 7. The van der Waals surface area contributed by atoms with E-state index in [1.807, 2.05) is 12.1 Å². The summed E-state index contributed by atoms with van der Waals surface area (Å²) in [5.41, 5.74) is 1.50. The summed E-state index contributed by atoms with van der Waals surface area (Å²) in [6.45, 7) is 7.19. The molecule has 0 aliphatic heterocycles. The van der Waals surface area contributed by atoms with Crippen LogP contribution in [-0.2, 0) is 10.2 Å². The van der Waals surface area contributed by atoms with Gasteiger partial charge in [-0.1, -0.05) is 37.6 Å². The van der Waals surface area contributed by atoms with Crippen LogP contribution in [0.4, 0.5) is 0 Å². The van der Waals surface area contributed by atoms with Crippen molar-refractivity contribution in [3.05, 3.63) is 34.9 Å². The predicted molar refractivity (Wildman–Crippen MR) is 73.8 cm³/mol. The van der Waals surface area contributed by atoms with E-state index in [1.165, 1.54) is 5.56 Å². The molecule has 1 aromatic rings. The van der Waals surface area contributed by atoms with Crippen LogP contribution in [0.2, 0.25) is 5.02 Å². The van der Waals surface area contributed by atoms with Gasteiger partial charge >= 0.3 is 0 Å². The molecule has 1 aromatic carbocycles. The molecular formula is C14H22ClNO. The molecule has 96 valence electrons. The van der Waals surface area contributed by atoms with Gasteiger partial charge in [-0.25, -0.2) is 0 Å². The highest BCUT2D eigenvalue weighted by atomic mass is 35.5. The first-order valence-corrected chi connectivity index (χ1v) is 6.40. The summed E-state index contributed by atoms with van der Waals surface area (Å²) in [4.78, 5) is 0. The summed E-state index contributed by atoms with van der Waals surface area (Å²) in [5.74, 6) is 0. The lowest BCUT2D eigenvalue weighted by molar-refractivity contribution is 0.198. The highest BCUT2D eigenvalue weighted by Crippen LogP contribution is 2.27. The fourth-order valence-electron chi connectivity index (χ4n) is 1.75. The molecule has 1 rings (SSSR count). The molecule has 0 radical (unpaired) electrons. The molecule has 0 aliphatic carbocycles. The predicted octanol–water partition coefficient (Wildman–Crippen LogP) is 3.24. The van der Waals surface area contributed by atoms with Crippen LogP contribution < -0.4 is 5.32 Å². The van der Waals surface area contributed by atoms with Crippen molar-refractivity contribution in [2.45, 2.75) is 25.7 Å². The Bertz CT molecular complexity index is 321. The molecule has 0 aliphatic rings. The van der Waals surface area contributed by atoms with Crippen molar-refractivity contribution < 1.29 is 4.74 Å². The quantitative estimate of drug-likeness (QED) is 0.756. The van der Waals surface area contributed by atoms with Gasteiger partial charge in [0.25, 0.3) is 0 Å². The van der Waals surface area contributed by atoms with Crippen molar-refractivity contribution in [1.29, 1.82) is 0 Å². The van der Waals surface area contributed by atoms with Crippen LogP contribution in [0.25, 0.3) is 0 Å². The highest BCUT2D eigenvalue weighted by molar-refractivity contribution is 6.30. The first kappa shape index (κ1) is 14.5. The summed E-state index contributed by atoms with van der Waals surface area (Å²) in [5, 5.41) is 4.17. The minimum Gasteiger partial charge on any atom is -0.383 e. The first-order valence-electron chi connectivity index (χ1n) is 6.02. The second-order valence-corrected chi connectivity index (χ2v) is 5.32. The Morgan fingerprint density at radius 1 is 1.18 bits per heavy atom.